The van der Waals surface area contributed by atoms with Gasteiger partial charge in [-0.25, -0.2) is 0 Å². The first-order valence-corrected chi connectivity index (χ1v) is 6.24. The zero-order valence-corrected chi connectivity index (χ0v) is 9.83. The molecule has 0 aromatic heterocycles. The van der Waals surface area contributed by atoms with Crippen molar-refractivity contribution in [3.8, 4) is 0 Å². The lowest BCUT2D eigenvalue weighted by atomic mass is 10.1. The molecule has 0 radical (unpaired) electrons. The summed E-state index contributed by atoms with van der Waals surface area (Å²) in [4.78, 5) is 13.9. The van der Waals surface area contributed by atoms with Gasteiger partial charge in [0.1, 0.15) is 0 Å². The molecule has 0 aromatic rings. The van der Waals surface area contributed by atoms with E-state index in [1.165, 1.54) is 12.8 Å². The molecule has 2 fully saturated rings. The summed E-state index contributed by atoms with van der Waals surface area (Å²) in [5.41, 5.74) is 0. The molecular weight excluding hydrogens is 188 g/mol. The van der Waals surface area contributed by atoms with E-state index in [0.717, 1.165) is 32.0 Å². The SMILES string of the molecule is CCCC1NCN(CC(C)C2CC2)C1=O. The molecule has 2 aliphatic rings. The Bertz CT molecular complexity index is 238. The Labute approximate surface area is 92.2 Å². The second-order valence-corrected chi connectivity index (χ2v) is 5.08. The molecule has 15 heavy (non-hydrogen) atoms. The summed E-state index contributed by atoms with van der Waals surface area (Å²) in [6.07, 6.45) is 4.80. The highest BCUT2D eigenvalue weighted by atomic mass is 16.2. The van der Waals surface area contributed by atoms with Crippen LogP contribution in [0.1, 0.15) is 39.5 Å². The number of hydrogen-bond acceptors (Lipinski definition) is 2. The van der Waals surface area contributed by atoms with Gasteiger partial charge >= 0.3 is 0 Å². The van der Waals surface area contributed by atoms with Crippen LogP contribution in [0, 0.1) is 11.8 Å². The van der Waals surface area contributed by atoms with E-state index in [-0.39, 0.29) is 6.04 Å². The Morgan fingerprint density at radius 1 is 1.53 bits per heavy atom. The third-order valence-electron chi connectivity index (χ3n) is 3.65. The lowest BCUT2D eigenvalue weighted by molar-refractivity contribution is -0.129. The van der Waals surface area contributed by atoms with Gasteiger partial charge in [0, 0.05) is 6.54 Å². The molecule has 3 heteroatoms. The minimum atomic E-state index is 0.0985. The monoisotopic (exact) mass is 210 g/mol. The van der Waals surface area contributed by atoms with Crippen molar-refractivity contribution >= 4 is 5.91 Å². The molecule has 1 aliphatic heterocycles. The number of hydrogen-bond donors (Lipinski definition) is 1. The predicted molar refractivity (Wildman–Crippen MR) is 60.3 cm³/mol. The van der Waals surface area contributed by atoms with Crippen molar-refractivity contribution in [3.05, 3.63) is 0 Å². The summed E-state index contributed by atoms with van der Waals surface area (Å²) in [6.45, 7) is 6.12. The molecule has 1 aliphatic carbocycles. The van der Waals surface area contributed by atoms with Crippen LogP contribution in [0.2, 0.25) is 0 Å². The molecule has 0 spiro atoms. The number of nitrogens with zero attached hydrogens (tertiary/aromatic N) is 1. The maximum absolute atomic E-state index is 11.9. The van der Waals surface area contributed by atoms with E-state index in [0.29, 0.717) is 11.8 Å². The molecule has 1 saturated carbocycles. The standard InChI is InChI=1S/C12H22N2O/c1-3-4-11-12(15)14(8-13-11)7-9(2)10-5-6-10/h9-11,13H,3-8H2,1-2H3. The van der Waals surface area contributed by atoms with Gasteiger partial charge in [0.25, 0.3) is 0 Å². The summed E-state index contributed by atoms with van der Waals surface area (Å²) >= 11 is 0. The lowest BCUT2D eigenvalue weighted by Gasteiger charge is -2.20. The number of carbonyl (C=O) groups is 1. The molecule has 1 saturated heterocycles. The Hall–Kier alpha value is -0.570. The molecule has 3 nitrogen and oxygen atoms in total. The summed E-state index contributed by atoms with van der Waals surface area (Å²) in [5.74, 6) is 1.91. The molecule has 1 N–H and O–H groups in total. The molecule has 2 rings (SSSR count). The summed E-state index contributed by atoms with van der Waals surface area (Å²) in [7, 11) is 0. The Balaban J connectivity index is 1.80. The summed E-state index contributed by atoms with van der Waals surface area (Å²) in [6, 6.07) is 0.0985. The average molecular weight is 210 g/mol. The third-order valence-corrected chi connectivity index (χ3v) is 3.65. The first-order valence-electron chi connectivity index (χ1n) is 6.24. The molecule has 1 amide bonds. The molecule has 86 valence electrons. The number of nitrogens with one attached hydrogen (secondary N) is 1. The quantitative estimate of drug-likeness (QED) is 0.747. The first kappa shape index (κ1) is 10.9. The molecule has 0 aromatic carbocycles. The topological polar surface area (TPSA) is 32.3 Å². The fourth-order valence-corrected chi connectivity index (χ4v) is 2.44. The van der Waals surface area contributed by atoms with E-state index >= 15 is 0 Å². The van der Waals surface area contributed by atoms with Gasteiger partial charge in [0.2, 0.25) is 5.91 Å². The van der Waals surface area contributed by atoms with E-state index in [1.807, 2.05) is 4.90 Å². The van der Waals surface area contributed by atoms with Crippen LogP contribution in [0.3, 0.4) is 0 Å². The molecule has 1 heterocycles. The minimum absolute atomic E-state index is 0.0985. The molecular formula is C12H22N2O. The Kier molecular flexibility index (Phi) is 3.29. The highest BCUT2D eigenvalue weighted by Gasteiger charge is 2.34. The Morgan fingerprint density at radius 2 is 2.27 bits per heavy atom. The normalized spacial score (nSPS) is 28.5. The second-order valence-electron chi connectivity index (χ2n) is 5.08. The van der Waals surface area contributed by atoms with Crippen LogP contribution < -0.4 is 5.32 Å². The lowest BCUT2D eigenvalue weighted by Crippen LogP contribution is -2.33. The van der Waals surface area contributed by atoms with E-state index in [2.05, 4.69) is 19.2 Å². The Morgan fingerprint density at radius 3 is 2.87 bits per heavy atom. The highest BCUT2D eigenvalue weighted by molar-refractivity contribution is 5.83. The summed E-state index contributed by atoms with van der Waals surface area (Å²) in [5, 5.41) is 3.30. The first-order chi connectivity index (χ1) is 7.22. The fraction of sp³-hybridized carbons (Fsp3) is 0.917. The van der Waals surface area contributed by atoms with E-state index in [4.69, 9.17) is 0 Å². The number of rotatable bonds is 5. The van der Waals surface area contributed by atoms with Gasteiger partial charge in [-0.3, -0.25) is 10.1 Å². The minimum Gasteiger partial charge on any atom is -0.328 e. The van der Waals surface area contributed by atoms with Crippen molar-refractivity contribution in [1.29, 1.82) is 0 Å². The third kappa shape index (κ3) is 2.51. The van der Waals surface area contributed by atoms with Crippen LogP contribution in [-0.2, 0) is 4.79 Å². The van der Waals surface area contributed by atoms with E-state index in [9.17, 15) is 4.79 Å². The fourth-order valence-electron chi connectivity index (χ4n) is 2.44. The van der Waals surface area contributed by atoms with Gasteiger partial charge < -0.3 is 4.90 Å². The predicted octanol–water partition coefficient (Wildman–Crippen LogP) is 1.59. The van der Waals surface area contributed by atoms with Gasteiger partial charge in [-0.15, -0.1) is 0 Å². The van der Waals surface area contributed by atoms with Crippen molar-refractivity contribution < 1.29 is 4.79 Å². The summed E-state index contributed by atoms with van der Waals surface area (Å²) < 4.78 is 0. The van der Waals surface area contributed by atoms with E-state index < -0.39 is 0 Å². The van der Waals surface area contributed by atoms with Crippen molar-refractivity contribution in [1.82, 2.24) is 10.2 Å². The molecule has 0 bridgehead atoms. The van der Waals surface area contributed by atoms with Gasteiger partial charge in [-0.05, 0) is 31.1 Å². The molecule has 2 atom stereocenters. The average Bonchev–Trinajstić information content (AvgIpc) is 3.00. The largest absolute Gasteiger partial charge is 0.328 e. The van der Waals surface area contributed by atoms with Crippen LogP contribution in [0.4, 0.5) is 0 Å². The number of carbonyl (C=O) groups excluding carboxylic acids is 1. The van der Waals surface area contributed by atoms with E-state index in [1.54, 1.807) is 0 Å². The smallest absolute Gasteiger partial charge is 0.240 e. The van der Waals surface area contributed by atoms with Gasteiger partial charge in [-0.2, -0.15) is 0 Å². The number of amides is 1. The van der Waals surface area contributed by atoms with Crippen molar-refractivity contribution in [2.75, 3.05) is 13.2 Å². The van der Waals surface area contributed by atoms with Crippen LogP contribution >= 0.6 is 0 Å². The van der Waals surface area contributed by atoms with Crippen LogP contribution in [-0.4, -0.2) is 30.1 Å². The molecule has 2 unspecified atom stereocenters. The highest BCUT2D eigenvalue weighted by Crippen LogP contribution is 2.37. The van der Waals surface area contributed by atoms with Gasteiger partial charge in [0.15, 0.2) is 0 Å². The zero-order chi connectivity index (χ0) is 10.8. The maximum atomic E-state index is 11.9. The van der Waals surface area contributed by atoms with Crippen molar-refractivity contribution in [2.45, 2.75) is 45.6 Å². The van der Waals surface area contributed by atoms with Crippen LogP contribution in [0.25, 0.3) is 0 Å². The second kappa shape index (κ2) is 4.52. The van der Waals surface area contributed by atoms with Crippen molar-refractivity contribution in [2.24, 2.45) is 11.8 Å². The van der Waals surface area contributed by atoms with Gasteiger partial charge in [0.05, 0.1) is 12.7 Å². The zero-order valence-electron chi connectivity index (χ0n) is 9.83. The van der Waals surface area contributed by atoms with Crippen LogP contribution in [0.15, 0.2) is 0 Å². The van der Waals surface area contributed by atoms with Gasteiger partial charge in [-0.1, -0.05) is 20.3 Å². The van der Waals surface area contributed by atoms with Crippen molar-refractivity contribution in [3.63, 3.8) is 0 Å². The maximum Gasteiger partial charge on any atom is 0.240 e. The van der Waals surface area contributed by atoms with Crippen LogP contribution in [0.5, 0.6) is 0 Å².